The lowest BCUT2D eigenvalue weighted by Crippen LogP contribution is -2.22. The van der Waals surface area contributed by atoms with Crippen LogP contribution in [0.25, 0.3) is 17.1 Å². The lowest BCUT2D eigenvalue weighted by atomic mass is 10.2. The maximum atomic E-state index is 6.33. The first-order valence-electron chi connectivity index (χ1n) is 9.31. The summed E-state index contributed by atoms with van der Waals surface area (Å²) in [4.78, 5) is 6.21. The third kappa shape index (κ3) is 4.47. The summed E-state index contributed by atoms with van der Waals surface area (Å²) in [5.41, 5.74) is 2.90. The monoisotopic (exact) mass is 455 g/mol. The van der Waals surface area contributed by atoms with E-state index in [1.807, 2.05) is 70.9 Å². The molecule has 152 valence electrons. The summed E-state index contributed by atoms with van der Waals surface area (Å²) in [6, 6.07) is 19.4. The molecule has 0 bridgehead atoms. The van der Waals surface area contributed by atoms with Crippen LogP contribution in [0.3, 0.4) is 0 Å². The van der Waals surface area contributed by atoms with Gasteiger partial charge in [-0.3, -0.25) is 14.5 Å². The molecule has 2 aromatic heterocycles. The number of nitrogens with zero attached hydrogens (tertiary/aromatic N) is 5. The predicted molar refractivity (Wildman–Crippen MR) is 124 cm³/mol. The number of aromatic nitrogens is 4. The fourth-order valence-electron chi connectivity index (χ4n) is 3.22. The van der Waals surface area contributed by atoms with Crippen LogP contribution in [0.15, 0.2) is 73.1 Å². The second-order valence-corrected chi connectivity index (χ2v) is 8.11. The van der Waals surface area contributed by atoms with Crippen molar-refractivity contribution in [2.75, 3.05) is 7.05 Å². The minimum absolute atomic E-state index is 0.510. The Balaban J connectivity index is 1.69. The molecule has 2 heterocycles. The number of rotatable bonds is 6. The minimum atomic E-state index is 0.510. The molecule has 0 fully saturated rings. The smallest absolute Gasteiger partial charge is 0.204 e. The van der Waals surface area contributed by atoms with Gasteiger partial charge in [-0.15, -0.1) is 5.10 Å². The Kier molecular flexibility index (Phi) is 6.29. The maximum absolute atomic E-state index is 6.33. The predicted octanol–water partition coefficient (Wildman–Crippen LogP) is 5.86. The number of hydrogen-bond donors (Lipinski definition) is 0. The molecule has 0 aliphatic carbocycles. The first kappa shape index (κ1) is 20.8. The Morgan fingerprint density at radius 1 is 1.00 bits per heavy atom. The number of benzene rings is 2. The van der Waals surface area contributed by atoms with Gasteiger partial charge < -0.3 is 0 Å². The minimum Gasteiger partial charge on any atom is -0.283 e. The topological polar surface area (TPSA) is 38.9 Å². The van der Waals surface area contributed by atoms with Crippen molar-refractivity contribution in [3.8, 4) is 17.1 Å². The summed E-state index contributed by atoms with van der Waals surface area (Å²) in [6.07, 6.45) is 3.50. The number of para-hydroxylation sites is 1. The molecule has 0 amide bonds. The standard InChI is InChI=1S/C22H19Cl2N5S/c1-27(14-17-7-8-18(23)13-20(17)24)15-28-22(30)29(19-5-3-2-4-6-19)21(26-28)16-9-11-25-12-10-16/h2-13H,14-15H2,1H3. The number of pyridine rings is 1. The van der Waals surface area contributed by atoms with E-state index in [1.54, 1.807) is 18.5 Å². The van der Waals surface area contributed by atoms with Gasteiger partial charge in [-0.25, -0.2) is 4.68 Å². The van der Waals surface area contributed by atoms with Gasteiger partial charge in [0.25, 0.3) is 0 Å². The Labute approximate surface area is 190 Å². The van der Waals surface area contributed by atoms with E-state index in [-0.39, 0.29) is 0 Å². The summed E-state index contributed by atoms with van der Waals surface area (Å²) >= 11 is 18.1. The molecule has 2 aromatic carbocycles. The molecule has 0 radical (unpaired) electrons. The number of hydrogen-bond acceptors (Lipinski definition) is 4. The fraction of sp³-hybridized carbons (Fsp3) is 0.136. The van der Waals surface area contributed by atoms with Gasteiger partial charge in [0.1, 0.15) is 0 Å². The summed E-state index contributed by atoms with van der Waals surface area (Å²) in [5.74, 6) is 0.770. The molecule has 0 saturated carbocycles. The summed E-state index contributed by atoms with van der Waals surface area (Å²) in [5, 5.41) is 6.09. The fourth-order valence-corrected chi connectivity index (χ4v) is 3.98. The highest BCUT2D eigenvalue weighted by Crippen LogP contribution is 2.24. The molecule has 8 heteroatoms. The molecule has 0 unspecified atom stereocenters. The van der Waals surface area contributed by atoms with Crippen LogP contribution in [-0.4, -0.2) is 31.3 Å². The zero-order valence-electron chi connectivity index (χ0n) is 16.2. The van der Waals surface area contributed by atoms with E-state index >= 15 is 0 Å². The second kappa shape index (κ2) is 9.10. The van der Waals surface area contributed by atoms with Crippen molar-refractivity contribution in [3.05, 3.63) is 93.4 Å². The molecule has 0 N–H and O–H groups in total. The Hall–Kier alpha value is -2.51. The lowest BCUT2D eigenvalue weighted by molar-refractivity contribution is 0.244. The quantitative estimate of drug-likeness (QED) is 0.341. The van der Waals surface area contributed by atoms with Gasteiger partial charge in [-0.2, -0.15) is 0 Å². The van der Waals surface area contributed by atoms with E-state index in [9.17, 15) is 0 Å². The Bertz CT molecular complexity index is 1210. The average molecular weight is 456 g/mol. The maximum Gasteiger partial charge on any atom is 0.204 e. The van der Waals surface area contributed by atoms with E-state index < -0.39 is 0 Å². The summed E-state index contributed by atoms with van der Waals surface area (Å²) in [7, 11) is 2.00. The van der Waals surface area contributed by atoms with Gasteiger partial charge in [0.05, 0.1) is 6.67 Å². The number of halogens is 2. The average Bonchev–Trinajstić information content (AvgIpc) is 3.07. The zero-order valence-corrected chi connectivity index (χ0v) is 18.6. The zero-order chi connectivity index (χ0) is 21.1. The lowest BCUT2D eigenvalue weighted by Gasteiger charge is -2.17. The molecular formula is C22H19Cl2N5S. The van der Waals surface area contributed by atoms with Crippen molar-refractivity contribution in [3.63, 3.8) is 0 Å². The van der Waals surface area contributed by atoms with Crippen molar-refractivity contribution in [2.24, 2.45) is 0 Å². The Morgan fingerprint density at radius 2 is 1.73 bits per heavy atom. The van der Waals surface area contributed by atoms with Gasteiger partial charge in [0, 0.05) is 40.2 Å². The van der Waals surface area contributed by atoms with Crippen LogP contribution in [-0.2, 0) is 13.2 Å². The molecule has 0 atom stereocenters. The highest BCUT2D eigenvalue weighted by molar-refractivity contribution is 7.71. The third-order valence-electron chi connectivity index (χ3n) is 4.62. The van der Waals surface area contributed by atoms with Crippen LogP contribution in [0.4, 0.5) is 0 Å². The summed E-state index contributed by atoms with van der Waals surface area (Å²) < 4.78 is 4.41. The van der Waals surface area contributed by atoms with Crippen LogP contribution in [0.2, 0.25) is 10.0 Å². The first-order chi connectivity index (χ1) is 14.5. The molecule has 0 aliphatic heterocycles. The van der Waals surface area contributed by atoms with Crippen LogP contribution in [0, 0.1) is 4.77 Å². The molecular weight excluding hydrogens is 437 g/mol. The van der Waals surface area contributed by atoms with Gasteiger partial charge >= 0.3 is 0 Å². The molecule has 0 spiro atoms. The van der Waals surface area contributed by atoms with E-state index in [0.29, 0.717) is 28.0 Å². The van der Waals surface area contributed by atoms with Gasteiger partial charge in [-0.05, 0) is 61.2 Å². The van der Waals surface area contributed by atoms with Crippen molar-refractivity contribution < 1.29 is 0 Å². The molecule has 0 aliphatic rings. The van der Waals surface area contributed by atoms with Gasteiger partial charge in [0.15, 0.2) is 5.82 Å². The Morgan fingerprint density at radius 3 is 2.43 bits per heavy atom. The highest BCUT2D eigenvalue weighted by atomic mass is 35.5. The largest absolute Gasteiger partial charge is 0.283 e. The molecule has 0 saturated heterocycles. The van der Waals surface area contributed by atoms with E-state index in [0.717, 1.165) is 22.6 Å². The van der Waals surface area contributed by atoms with E-state index in [4.69, 9.17) is 40.5 Å². The van der Waals surface area contributed by atoms with Gasteiger partial charge in [-0.1, -0.05) is 47.5 Å². The van der Waals surface area contributed by atoms with E-state index in [2.05, 4.69) is 9.88 Å². The van der Waals surface area contributed by atoms with Crippen LogP contribution >= 0.6 is 35.4 Å². The van der Waals surface area contributed by atoms with E-state index in [1.165, 1.54) is 0 Å². The summed E-state index contributed by atoms with van der Waals surface area (Å²) in [6.45, 7) is 1.15. The second-order valence-electron chi connectivity index (χ2n) is 6.90. The van der Waals surface area contributed by atoms with Crippen LogP contribution in [0.1, 0.15) is 5.56 Å². The molecule has 4 aromatic rings. The van der Waals surface area contributed by atoms with Gasteiger partial charge in [0.2, 0.25) is 4.77 Å². The van der Waals surface area contributed by atoms with Crippen molar-refractivity contribution in [1.29, 1.82) is 0 Å². The molecule has 5 nitrogen and oxygen atoms in total. The third-order valence-corrected chi connectivity index (χ3v) is 5.60. The normalized spacial score (nSPS) is 11.2. The van der Waals surface area contributed by atoms with Crippen LogP contribution < -0.4 is 0 Å². The molecule has 30 heavy (non-hydrogen) atoms. The van der Waals surface area contributed by atoms with Crippen molar-refractivity contribution in [2.45, 2.75) is 13.2 Å². The van der Waals surface area contributed by atoms with Crippen molar-refractivity contribution in [1.82, 2.24) is 24.2 Å². The van der Waals surface area contributed by atoms with Crippen LogP contribution in [0.5, 0.6) is 0 Å². The SMILES string of the molecule is CN(Cc1ccc(Cl)cc1Cl)Cn1nc(-c2ccncc2)n(-c2ccccc2)c1=S. The first-order valence-corrected chi connectivity index (χ1v) is 10.5. The highest BCUT2D eigenvalue weighted by Gasteiger charge is 2.16. The van der Waals surface area contributed by atoms with Crippen molar-refractivity contribution >= 4 is 35.4 Å². The molecule has 4 rings (SSSR count).